The lowest BCUT2D eigenvalue weighted by atomic mass is 9.95. The number of likely N-dealkylation sites (N-methyl/N-ethyl adjacent to an activating group) is 1. The summed E-state index contributed by atoms with van der Waals surface area (Å²) in [5, 5.41) is 2.69. The first-order valence-electron chi connectivity index (χ1n) is 16.5. The number of rotatable bonds is 8. The van der Waals surface area contributed by atoms with Gasteiger partial charge in [0.15, 0.2) is 0 Å². The van der Waals surface area contributed by atoms with Crippen molar-refractivity contribution in [2.45, 2.75) is 88.6 Å². The van der Waals surface area contributed by atoms with E-state index in [0.717, 1.165) is 68.6 Å². The third-order valence-corrected chi connectivity index (χ3v) is 10.2. The van der Waals surface area contributed by atoms with E-state index in [2.05, 4.69) is 10.2 Å². The molecule has 2 aliphatic heterocycles. The molecule has 6 rings (SSSR count). The van der Waals surface area contributed by atoms with Crippen LogP contribution >= 0.6 is 0 Å². The highest BCUT2D eigenvalue weighted by Gasteiger charge is 2.39. The minimum Gasteiger partial charge on any atom is -0.490 e. The Labute approximate surface area is 263 Å². The van der Waals surface area contributed by atoms with E-state index in [9.17, 15) is 22.8 Å². The molecule has 0 unspecified atom stereocenters. The molecule has 3 fully saturated rings. The Hall–Kier alpha value is -3.11. The van der Waals surface area contributed by atoms with Crippen molar-refractivity contribution in [3.05, 3.63) is 59.2 Å². The largest absolute Gasteiger partial charge is 0.490 e. The number of halogens is 3. The van der Waals surface area contributed by atoms with Gasteiger partial charge in [-0.25, -0.2) is 0 Å². The molecule has 1 N–H and O–H groups in total. The van der Waals surface area contributed by atoms with E-state index in [4.69, 9.17) is 9.47 Å². The lowest BCUT2D eigenvalue weighted by Crippen LogP contribution is -2.55. The van der Waals surface area contributed by atoms with Gasteiger partial charge in [-0.05, 0) is 92.8 Å². The van der Waals surface area contributed by atoms with Gasteiger partial charge in [0.2, 0.25) is 0 Å². The van der Waals surface area contributed by atoms with E-state index in [0.29, 0.717) is 23.6 Å². The molecule has 244 valence electrons. The van der Waals surface area contributed by atoms with Gasteiger partial charge in [-0.1, -0.05) is 25.7 Å². The fraction of sp³-hybridized carbons (Fsp3) is 0.600. The SMILES string of the molecule is CN1C(=O)c2cc(NC(=O)c3ccc(C(F)(F)F)cc3)ccc2OC[C@@H]2O[C@H](CN(CC3CCCC3)CC3CCCC3)CC[C@@H]21. The summed E-state index contributed by atoms with van der Waals surface area (Å²) >= 11 is 0. The number of carbonyl (C=O) groups is 2. The molecule has 7 nitrogen and oxygen atoms in total. The smallest absolute Gasteiger partial charge is 0.416 e. The highest BCUT2D eigenvalue weighted by atomic mass is 19.4. The van der Waals surface area contributed by atoms with Gasteiger partial charge in [0.25, 0.3) is 11.8 Å². The minimum atomic E-state index is -4.48. The number of amides is 2. The van der Waals surface area contributed by atoms with E-state index >= 15 is 0 Å². The third-order valence-electron chi connectivity index (χ3n) is 10.2. The van der Waals surface area contributed by atoms with Gasteiger partial charge in [-0.3, -0.25) is 9.59 Å². The number of hydrogen-bond acceptors (Lipinski definition) is 5. The van der Waals surface area contributed by atoms with Crippen LogP contribution in [-0.4, -0.2) is 73.2 Å². The summed E-state index contributed by atoms with van der Waals surface area (Å²) in [4.78, 5) is 30.9. The maximum Gasteiger partial charge on any atom is 0.416 e. The van der Waals surface area contributed by atoms with Crippen molar-refractivity contribution in [2.75, 3.05) is 38.6 Å². The van der Waals surface area contributed by atoms with Gasteiger partial charge in [0, 0.05) is 37.9 Å². The average molecular weight is 628 g/mol. The molecule has 0 bridgehead atoms. The number of alkyl halides is 3. The van der Waals surface area contributed by atoms with Crippen molar-refractivity contribution in [3.63, 3.8) is 0 Å². The molecule has 0 radical (unpaired) electrons. The van der Waals surface area contributed by atoms with Crippen LogP contribution in [0, 0.1) is 11.8 Å². The maximum atomic E-state index is 13.7. The number of nitrogens with zero attached hydrogens (tertiary/aromatic N) is 2. The van der Waals surface area contributed by atoms with Gasteiger partial charge in [-0.15, -0.1) is 0 Å². The lowest BCUT2D eigenvalue weighted by molar-refractivity contribution is -0.137. The lowest BCUT2D eigenvalue weighted by Gasteiger charge is -2.43. The van der Waals surface area contributed by atoms with Crippen molar-refractivity contribution in [1.29, 1.82) is 0 Å². The summed E-state index contributed by atoms with van der Waals surface area (Å²) in [5.41, 5.74) is -0.0720. The standard InChI is InChI=1S/C35H44F3N3O4/c1-40-30-16-15-28(21-41(19-23-6-2-3-7-23)20-24-8-4-5-9-24)45-32(30)22-44-31-17-14-27(18-29(31)34(40)43)39-33(42)25-10-12-26(13-11-25)35(36,37)38/h10-14,17-18,23-24,28,30,32H,2-9,15-16,19-22H2,1H3,(H,39,42)/t28-,30-,32-/m0/s1. The maximum absolute atomic E-state index is 13.7. The number of carbonyl (C=O) groups excluding carboxylic acids is 2. The van der Waals surface area contributed by atoms with Crippen molar-refractivity contribution in [3.8, 4) is 5.75 Å². The second-order valence-corrected chi connectivity index (χ2v) is 13.4. The molecule has 3 atom stereocenters. The van der Waals surface area contributed by atoms with Crippen LogP contribution in [0.4, 0.5) is 18.9 Å². The predicted octanol–water partition coefficient (Wildman–Crippen LogP) is 7.02. The molecular formula is C35H44F3N3O4. The Balaban J connectivity index is 1.10. The fourth-order valence-corrected chi connectivity index (χ4v) is 7.73. The molecule has 4 aliphatic rings. The predicted molar refractivity (Wildman–Crippen MR) is 165 cm³/mol. The minimum absolute atomic E-state index is 0.0799. The first-order valence-corrected chi connectivity index (χ1v) is 16.5. The summed E-state index contributed by atoms with van der Waals surface area (Å²) in [5.74, 6) is 1.19. The van der Waals surface area contributed by atoms with E-state index in [-0.39, 0.29) is 29.7 Å². The highest BCUT2D eigenvalue weighted by Crippen LogP contribution is 2.34. The van der Waals surface area contributed by atoms with Gasteiger partial charge in [-0.2, -0.15) is 13.2 Å². The van der Waals surface area contributed by atoms with Crippen molar-refractivity contribution in [2.24, 2.45) is 11.8 Å². The zero-order chi connectivity index (χ0) is 31.6. The van der Waals surface area contributed by atoms with Crippen LogP contribution in [0.15, 0.2) is 42.5 Å². The molecule has 2 aromatic rings. The number of hydrogen-bond donors (Lipinski definition) is 1. The van der Waals surface area contributed by atoms with Crippen molar-refractivity contribution in [1.82, 2.24) is 9.80 Å². The topological polar surface area (TPSA) is 71.1 Å². The summed E-state index contributed by atoms with van der Waals surface area (Å²) < 4.78 is 51.6. The summed E-state index contributed by atoms with van der Waals surface area (Å²) in [7, 11) is 1.79. The second kappa shape index (κ2) is 13.7. The molecule has 45 heavy (non-hydrogen) atoms. The van der Waals surface area contributed by atoms with Gasteiger partial charge < -0.3 is 24.6 Å². The average Bonchev–Trinajstić information content (AvgIpc) is 3.74. The van der Waals surface area contributed by atoms with Crippen LogP contribution in [0.5, 0.6) is 5.75 Å². The Morgan fingerprint density at radius 1 is 0.911 bits per heavy atom. The fourth-order valence-electron chi connectivity index (χ4n) is 7.73. The molecular weight excluding hydrogens is 583 g/mol. The zero-order valence-electron chi connectivity index (χ0n) is 26.0. The Morgan fingerprint density at radius 3 is 2.18 bits per heavy atom. The van der Waals surface area contributed by atoms with E-state index < -0.39 is 17.6 Å². The zero-order valence-corrected chi connectivity index (χ0v) is 26.0. The summed E-state index contributed by atoms with van der Waals surface area (Å²) in [6.07, 6.45) is 7.77. The van der Waals surface area contributed by atoms with Crippen LogP contribution in [0.2, 0.25) is 0 Å². The molecule has 2 saturated carbocycles. The van der Waals surface area contributed by atoms with Crippen LogP contribution in [-0.2, 0) is 10.9 Å². The normalized spacial score (nSPS) is 24.6. The monoisotopic (exact) mass is 627 g/mol. The van der Waals surface area contributed by atoms with Gasteiger partial charge in [0.1, 0.15) is 18.5 Å². The van der Waals surface area contributed by atoms with Crippen molar-refractivity contribution < 1.29 is 32.2 Å². The number of ether oxygens (including phenoxy) is 2. The number of benzene rings is 2. The quantitative estimate of drug-likeness (QED) is 0.341. The molecule has 2 aliphatic carbocycles. The molecule has 2 amide bonds. The Kier molecular flexibility index (Phi) is 9.71. The van der Waals surface area contributed by atoms with Gasteiger partial charge in [0.05, 0.1) is 23.3 Å². The Morgan fingerprint density at radius 2 is 1.56 bits per heavy atom. The summed E-state index contributed by atoms with van der Waals surface area (Å²) in [6.45, 7) is 3.55. The van der Waals surface area contributed by atoms with Crippen LogP contribution in [0.3, 0.4) is 0 Å². The van der Waals surface area contributed by atoms with Crippen molar-refractivity contribution >= 4 is 17.5 Å². The highest BCUT2D eigenvalue weighted by molar-refractivity contribution is 6.05. The summed E-state index contributed by atoms with van der Waals surface area (Å²) in [6, 6.07) is 8.71. The van der Waals surface area contributed by atoms with E-state index in [1.54, 1.807) is 30.1 Å². The van der Waals surface area contributed by atoms with E-state index in [1.165, 1.54) is 51.4 Å². The first kappa shape index (κ1) is 31.9. The molecule has 2 aromatic carbocycles. The van der Waals surface area contributed by atoms with E-state index in [1.807, 2.05) is 0 Å². The number of anilines is 1. The number of nitrogens with one attached hydrogen (secondary N) is 1. The molecule has 0 aromatic heterocycles. The molecule has 2 heterocycles. The second-order valence-electron chi connectivity index (χ2n) is 13.4. The molecule has 10 heteroatoms. The molecule has 0 spiro atoms. The van der Waals surface area contributed by atoms with Crippen LogP contribution in [0.1, 0.15) is 90.5 Å². The third kappa shape index (κ3) is 7.65. The first-order chi connectivity index (χ1) is 21.6. The van der Waals surface area contributed by atoms with Crippen LogP contribution in [0.25, 0.3) is 0 Å². The van der Waals surface area contributed by atoms with Crippen LogP contribution < -0.4 is 10.1 Å². The molecule has 1 saturated heterocycles. The number of fused-ring (bicyclic) bond motifs is 2. The Bertz CT molecular complexity index is 1320. The van der Waals surface area contributed by atoms with Gasteiger partial charge >= 0.3 is 6.18 Å².